The number of rotatable bonds is 13. The monoisotopic (exact) mass is 555 g/mol. The Morgan fingerprint density at radius 1 is 1.00 bits per heavy atom. The molecule has 6 N–H and O–H groups in total. The summed E-state index contributed by atoms with van der Waals surface area (Å²) in [5.41, 5.74) is 12.3. The molecule has 0 aliphatic rings. The summed E-state index contributed by atoms with van der Waals surface area (Å²) >= 11 is 0. The molecular formula is C28H41N7O5. The number of nitrogens with two attached hydrogens (primary N) is 2. The van der Waals surface area contributed by atoms with Crippen molar-refractivity contribution in [2.45, 2.75) is 72.4 Å². The molecule has 40 heavy (non-hydrogen) atoms. The van der Waals surface area contributed by atoms with E-state index >= 15 is 0 Å². The van der Waals surface area contributed by atoms with Crippen LogP contribution in [0.15, 0.2) is 48.5 Å². The van der Waals surface area contributed by atoms with Gasteiger partial charge in [0.1, 0.15) is 18.7 Å². The van der Waals surface area contributed by atoms with E-state index in [0.29, 0.717) is 30.2 Å². The van der Waals surface area contributed by atoms with Gasteiger partial charge in [-0.3, -0.25) is 14.0 Å². The fourth-order valence-electron chi connectivity index (χ4n) is 3.80. The summed E-state index contributed by atoms with van der Waals surface area (Å²) in [6.45, 7) is 7.29. The molecule has 0 aliphatic carbocycles. The first-order chi connectivity index (χ1) is 18.5. The highest BCUT2D eigenvalue weighted by Gasteiger charge is 2.29. The number of amides is 3. The number of pyridine rings is 1. The molecule has 2 heterocycles. The molecule has 0 saturated heterocycles. The Balaban J connectivity index is 0.00000560. The molecule has 0 radical (unpaired) electrons. The molecule has 0 fully saturated rings. The van der Waals surface area contributed by atoms with Gasteiger partial charge in [0, 0.05) is 0 Å². The molecule has 0 spiro atoms. The second kappa shape index (κ2) is 14.4. The Morgan fingerprint density at radius 2 is 1.70 bits per heavy atom. The molecule has 0 unspecified atom stereocenters. The number of ether oxygens (including phenoxy) is 2. The predicted molar refractivity (Wildman–Crippen MR) is 151 cm³/mol. The summed E-state index contributed by atoms with van der Waals surface area (Å²) in [4.78, 5) is 37.0. The maximum Gasteiger partial charge on any atom is 0.408 e. The van der Waals surface area contributed by atoms with E-state index in [2.05, 4.69) is 20.8 Å². The Kier molecular flexibility index (Phi) is 11.6. The first-order valence-electron chi connectivity index (χ1n) is 12.7. The van der Waals surface area contributed by atoms with Crippen molar-refractivity contribution in [2.75, 3.05) is 6.61 Å². The third-order valence-electron chi connectivity index (χ3n) is 5.83. The van der Waals surface area contributed by atoms with Gasteiger partial charge in [0.05, 0.1) is 24.4 Å². The van der Waals surface area contributed by atoms with Crippen molar-refractivity contribution in [2.24, 2.45) is 17.4 Å². The molecule has 218 valence electrons. The molecule has 12 heteroatoms. The van der Waals surface area contributed by atoms with Gasteiger partial charge < -0.3 is 31.6 Å². The number of nitrogens with one attached hydrogen (secondary N) is 2. The minimum Gasteiger partial charge on any atom is -0.443 e. The third-order valence-corrected chi connectivity index (χ3v) is 5.83. The summed E-state index contributed by atoms with van der Waals surface area (Å²) < 4.78 is 13.0. The zero-order chi connectivity index (χ0) is 28.6. The van der Waals surface area contributed by atoms with E-state index in [9.17, 15) is 14.4 Å². The van der Waals surface area contributed by atoms with Crippen LogP contribution in [0.25, 0.3) is 5.65 Å². The van der Waals surface area contributed by atoms with Crippen molar-refractivity contribution < 1.29 is 23.9 Å². The molecular weight excluding hydrogens is 514 g/mol. The number of nitrogens with zero attached hydrogens (tertiary/aromatic N) is 3. The summed E-state index contributed by atoms with van der Waals surface area (Å²) in [5.74, 6) is -0.514. The lowest BCUT2D eigenvalue weighted by Crippen LogP contribution is -2.51. The van der Waals surface area contributed by atoms with Crippen molar-refractivity contribution >= 4 is 23.6 Å². The van der Waals surface area contributed by atoms with E-state index in [-0.39, 0.29) is 26.6 Å². The topological polar surface area (TPSA) is 176 Å². The predicted octanol–water partition coefficient (Wildman–Crippen LogP) is 2.60. The molecule has 1 aromatic carbocycles. The maximum absolute atomic E-state index is 12.8. The number of hydrogen-bond donors (Lipinski definition) is 4. The fraction of sp³-hybridized carbons (Fsp3) is 0.464. The van der Waals surface area contributed by atoms with Gasteiger partial charge >= 0.3 is 6.09 Å². The van der Waals surface area contributed by atoms with Crippen LogP contribution in [0.1, 0.15) is 64.7 Å². The van der Waals surface area contributed by atoms with Crippen LogP contribution in [0.4, 0.5) is 4.79 Å². The van der Waals surface area contributed by atoms with Crippen LogP contribution < -0.4 is 22.1 Å². The van der Waals surface area contributed by atoms with Crippen LogP contribution in [0.3, 0.4) is 0 Å². The number of benzene rings is 1. The van der Waals surface area contributed by atoms with E-state index in [4.69, 9.17) is 20.9 Å². The molecule has 2 atom stereocenters. The summed E-state index contributed by atoms with van der Waals surface area (Å²) in [6, 6.07) is 13.3. The van der Waals surface area contributed by atoms with Gasteiger partial charge in [-0.05, 0) is 43.9 Å². The molecule has 0 aliphatic heterocycles. The first-order valence-corrected chi connectivity index (χ1v) is 12.7. The molecule has 0 saturated carbocycles. The van der Waals surface area contributed by atoms with Gasteiger partial charge in [-0.1, -0.05) is 57.7 Å². The van der Waals surface area contributed by atoms with Crippen molar-refractivity contribution in [1.29, 1.82) is 0 Å². The molecule has 2 aromatic heterocycles. The van der Waals surface area contributed by atoms with E-state index in [1.165, 1.54) is 0 Å². The van der Waals surface area contributed by atoms with E-state index in [1.54, 1.807) is 36.4 Å². The lowest BCUT2D eigenvalue weighted by Gasteiger charge is -2.24. The minimum absolute atomic E-state index is 0. The first kappa shape index (κ1) is 32.2. The van der Waals surface area contributed by atoms with Crippen LogP contribution in [0.2, 0.25) is 0 Å². The second-order valence-corrected chi connectivity index (χ2v) is 10.3. The van der Waals surface area contributed by atoms with Gasteiger partial charge in [0.2, 0.25) is 11.8 Å². The van der Waals surface area contributed by atoms with Gasteiger partial charge in [-0.15, -0.1) is 10.2 Å². The molecule has 3 aromatic rings. The average Bonchev–Trinajstić information content (AvgIpc) is 3.31. The third kappa shape index (κ3) is 9.02. The molecule has 3 amide bonds. The summed E-state index contributed by atoms with van der Waals surface area (Å²) in [6.07, 6.45) is -0.399. The normalized spacial score (nSPS) is 12.8. The highest BCUT2D eigenvalue weighted by atomic mass is 16.5. The molecule has 3 rings (SSSR count). The SMILES string of the molecule is C.CC(C)C[C@H](NC(=O)OCc1cccc2nnc([C@@H](COCc3ccccc3)NC(=O)C(C)(C)N)n12)C(N)=O. The number of carbonyl (C=O) groups is 3. The highest BCUT2D eigenvalue weighted by molar-refractivity contribution is 5.85. The van der Waals surface area contributed by atoms with E-state index < -0.39 is 35.5 Å². The van der Waals surface area contributed by atoms with Crippen LogP contribution in [-0.2, 0) is 32.3 Å². The Morgan fingerprint density at radius 3 is 2.33 bits per heavy atom. The van der Waals surface area contributed by atoms with Crippen LogP contribution in [-0.4, -0.2) is 50.7 Å². The van der Waals surface area contributed by atoms with E-state index in [1.807, 2.05) is 44.2 Å². The van der Waals surface area contributed by atoms with Crippen molar-refractivity contribution in [3.63, 3.8) is 0 Å². The minimum atomic E-state index is -1.14. The van der Waals surface area contributed by atoms with Gasteiger partial charge in [-0.2, -0.15) is 0 Å². The lowest BCUT2D eigenvalue weighted by atomic mass is 10.0. The van der Waals surface area contributed by atoms with Gasteiger partial charge in [-0.25, -0.2) is 4.79 Å². The number of fused-ring (bicyclic) bond motifs is 1. The summed E-state index contributed by atoms with van der Waals surface area (Å²) in [7, 11) is 0. The number of primary amides is 1. The smallest absolute Gasteiger partial charge is 0.408 e. The number of carbonyl (C=O) groups excluding carboxylic acids is 3. The lowest BCUT2D eigenvalue weighted by molar-refractivity contribution is -0.126. The van der Waals surface area contributed by atoms with Crippen molar-refractivity contribution in [1.82, 2.24) is 25.2 Å². The number of alkyl carbamates (subject to hydrolysis) is 1. The Bertz CT molecular complexity index is 1270. The molecule has 0 bridgehead atoms. The van der Waals surface area contributed by atoms with Crippen LogP contribution in [0, 0.1) is 5.92 Å². The standard InChI is InChI=1S/C27H37N7O5.CH4/c1-17(2)13-20(23(28)35)31-26(37)39-15-19-11-8-12-22-32-33-24(34(19)22)21(30-25(36)27(3,4)29)16-38-14-18-9-6-5-7-10-18;/h5-12,17,20-21H,13-16,29H2,1-4H3,(H2,28,35)(H,30,36)(H,31,37);1H4/t20-,21+;/m0./s1. The Hall–Kier alpha value is -4.03. The summed E-state index contributed by atoms with van der Waals surface area (Å²) in [5, 5.41) is 14.0. The zero-order valence-electron chi connectivity index (χ0n) is 22.7. The van der Waals surface area contributed by atoms with Crippen molar-refractivity contribution in [3.8, 4) is 0 Å². The van der Waals surface area contributed by atoms with Crippen LogP contribution in [0.5, 0.6) is 0 Å². The number of hydrogen-bond acceptors (Lipinski definition) is 8. The largest absolute Gasteiger partial charge is 0.443 e. The zero-order valence-corrected chi connectivity index (χ0v) is 22.7. The average molecular weight is 556 g/mol. The van der Waals surface area contributed by atoms with Crippen LogP contribution >= 0.6 is 0 Å². The molecule has 12 nitrogen and oxygen atoms in total. The maximum atomic E-state index is 12.8. The fourth-order valence-corrected chi connectivity index (χ4v) is 3.80. The van der Waals surface area contributed by atoms with Crippen molar-refractivity contribution in [3.05, 3.63) is 65.6 Å². The Labute approximate surface area is 234 Å². The second-order valence-electron chi connectivity index (χ2n) is 10.3. The highest BCUT2D eigenvalue weighted by Crippen LogP contribution is 2.19. The van der Waals surface area contributed by atoms with Gasteiger partial charge in [0.25, 0.3) is 0 Å². The van der Waals surface area contributed by atoms with E-state index in [0.717, 1.165) is 5.56 Å². The quantitative estimate of drug-likeness (QED) is 0.249. The van der Waals surface area contributed by atoms with Gasteiger partial charge in [0.15, 0.2) is 11.5 Å². The number of aromatic nitrogens is 3.